The van der Waals surface area contributed by atoms with Gasteiger partial charge in [-0.15, -0.1) is 0 Å². The van der Waals surface area contributed by atoms with Crippen molar-refractivity contribution < 1.29 is 9.32 Å². The van der Waals surface area contributed by atoms with Crippen LogP contribution in [0.25, 0.3) is 11.0 Å². The number of imidazole rings is 1. The Kier molecular flexibility index (Phi) is 4.44. The summed E-state index contributed by atoms with van der Waals surface area (Å²) in [6.07, 6.45) is 4.24. The minimum Gasteiger partial charge on any atom is -0.343 e. The molecule has 0 bridgehead atoms. The lowest BCUT2D eigenvalue weighted by molar-refractivity contribution is -0.132. The third-order valence-corrected chi connectivity index (χ3v) is 5.31. The average Bonchev–Trinajstić information content (AvgIpc) is 3.30. The number of likely N-dealkylation sites (tertiary alicyclic amines) is 1. The molecule has 0 unspecified atom stereocenters. The Balaban J connectivity index is 1.33. The number of H-pyrrole nitrogens is 1. The number of rotatable bonds is 4. The zero-order valence-corrected chi connectivity index (χ0v) is 15.2. The van der Waals surface area contributed by atoms with Gasteiger partial charge in [-0.1, -0.05) is 5.16 Å². The number of piperidine rings is 1. The molecular formula is C19H23N5O2. The standard InChI is InChI=1S/C19H23N5O2/c1-12-9-15-16(10-13(12)2)22-17(21-15)3-4-18(25)24-7-5-14(6-8-24)19-20-11-26-23-19/h9-11,14H,3-8H2,1-2H3,(H,21,22). The molecule has 3 aromatic rings. The molecule has 2 aromatic heterocycles. The molecule has 0 saturated carbocycles. The van der Waals surface area contributed by atoms with Crippen LogP contribution in [0.15, 0.2) is 23.0 Å². The maximum atomic E-state index is 12.5. The highest BCUT2D eigenvalue weighted by Crippen LogP contribution is 2.25. The van der Waals surface area contributed by atoms with Crippen molar-refractivity contribution in [2.45, 2.75) is 45.4 Å². The SMILES string of the molecule is Cc1cc2nc(CCC(=O)N3CCC(c4ncon4)CC3)[nH]c2cc1C. The van der Waals surface area contributed by atoms with E-state index in [1.165, 1.54) is 17.5 Å². The van der Waals surface area contributed by atoms with Crippen LogP contribution in [0.2, 0.25) is 0 Å². The van der Waals surface area contributed by atoms with Crippen LogP contribution in [-0.2, 0) is 11.2 Å². The van der Waals surface area contributed by atoms with Crippen molar-refractivity contribution in [2.75, 3.05) is 13.1 Å². The van der Waals surface area contributed by atoms with Crippen LogP contribution in [0.3, 0.4) is 0 Å². The van der Waals surface area contributed by atoms with Crippen molar-refractivity contribution in [3.05, 3.63) is 41.3 Å². The number of carbonyl (C=O) groups excluding carboxylic acids is 1. The number of aromatic amines is 1. The van der Waals surface area contributed by atoms with Crippen LogP contribution in [0.5, 0.6) is 0 Å². The van der Waals surface area contributed by atoms with Crippen molar-refractivity contribution in [1.82, 2.24) is 25.0 Å². The number of aromatic nitrogens is 4. The van der Waals surface area contributed by atoms with Crippen molar-refractivity contribution in [3.8, 4) is 0 Å². The summed E-state index contributed by atoms with van der Waals surface area (Å²) in [7, 11) is 0. The number of aryl methyl sites for hydroxylation is 3. The third-order valence-electron chi connectivity index (χ3n) is 5.31. The van der Waals surface area contributed by atoms with Crippen molar-refractivity contribution in [1.29, 1.82) is 0 Å². The smallest absolute Gasteiger partial charge is 0.223 e. The van der Waals surface area contributed by atoms with Gasteiger partial charge in [-0.3, -0.25) is 4.79 Å². The van der Waals surface area contributed by atoms with Gasteiger partial charge in [0.05, 0.1) is 11.0 Å². The molecule has 1 aliphatic rings. The third kappa shape index (κ3) is 3.34. The van der Waals surface area contributed by atoms with Gasteiger partial charge in [0.25, 0.3) is 0 Å². The Morgan fingerprint density at radius 2 is 2.04 bits per heavy atom. The fourth-order valence-electron chi connectivity index (χ4n) is 3.57. The van der Waals surface area contributed by atoms with E-state index in [4.69, 9.17) is 4.52 Å². The number of carbonyl (C=O) groups is 1. The normalized spacial score (nSPS) is 15.7. The number of hydrogen-bond acceptors (Lipinski definition) is 5. The van der Waals surface area contributed by atoms with Crippen molar-refractivity contribution in [2.24, 2.45) is 0 Å². The van der Waals surface area contributed by atoms with Crippen molar-refractivity contribution in [3.63, 3.8) is 0 Å². The van der Waals surface area contributed by atoms with Gasteiger partial charge in [0.15, 0.2) is 5.82 Å². The maximum Gasteiger partial charge on any atom is 0.223 e. The van der Waals surface area contributed by atoms with Gasteiger partial charge in [0.2, 0.25) is 12.3 Å². The van der Waals surface area contributed by atoms with Gasteiger partial charge in [0, 0.05) is 31.8 Å². The molecule has 0 atom stereocenters. The minimum absolute atomic E-state index is 0.185. The van der Waals surface area contributed by atoms with E-state index in [0.717, 1.165) is 48.6 Å². The van der Waals surface area contributed by atoms with E-state index in [1.54, 1.807) is 0 Å². The molecule has 26 heavy (non-hydrogen) atoms. The first-order chi connectivity index (χ1) is 12.6. The Morgan fingerprint density at radius 1 is 1.27 bits per heavy atom. The predicted octanol–water partition coefficient (Wildman–Crippen LogP) is 2.90. The predicted molar refractivity (Wildman–Crippen MR) is 96.7 cm³/mol. The minimum atomic E-state index is 0.185. The molecule has 0 radical (unpaired) electrons. The average molecular weight is 353 g/mol. The molecule has 0 aliphatic carbocycles. The van der Waals surface area contributed by atoms with Crippen LogP contribution < -0.4 is 0 Å². The highest BCUT2D eigenvalue weighted by Gasteiger charge is 2.26. The first-order valence-electron chi connectivity index (χ1n) is 9.10. The molecule has 1 aromatic carbocycles. The van der Waals surface area contributed by atoms with Crippen LogP contribution in [-0.4, -0.2) is 44.0 Å². The molecule has 1 N–H and O–H groups in total. The zero-order chi connectivity index (χ0) is 18.1. The Hall–Kier alpha value is -2.70. The van der Waals surface area contributed by atoms with Gasteiger partial charge < -0.3 is 14.4 Å². The Labute approximate surface area is 151 Å². The number of nitrogens with one attached hydrogen (secondary N) is 1. The van der Waals surface area contributed by atoms with E-state index >= 15 is 0 Å². The van der Waals surface area contributed by atoms with Gasteiger partial charge in [-0.2, -0.15) is 4.98 Å². The monoisotopic (exact) mass is 353 g/mol. The fourth-order valence-corrected chi connectivity index (χ4v) is 3.57. The summed E-state index contributed by atoms with van der Waals surface area (Å²) < 4.78 is 4.82. The second-order valence-electron chi connectivity index (χ2n) is 7.08. The summed E-state index contributed by atoms with van der Waals surface area (Å²) in [6.45, 7) is 5.68. The number of nitrogens with zero attached hydrogens (tertiary/aromatic N) is 4. The van der Waals surface area contributed by atoms with Crippen molar-refractivity contribution >= 4 is 16.9 Å². The Bertz CT molecular complexity index is 869. The number of benzene rings is 1. The lowest BCUT2D eigenvalue weighted by Gasteiger charge is -2.30. The molecule has 1 saturated heterocycles. The van der Waals surface area contributed by atoms with Crippen LogP contribution in [0.4, 0.5) is 0 Å². The summed E-state index contributed by atoms with van der Waals surface area (Å²) in [5.41, 5.74) is 4.48. The maximum absolute atomic E-state index is 12.5. The summed E-state index contributed by atoms with van der Waals surface area (Å²) >= 11 is 0. The molecule has 7 nitrogen and oxygen atoms in total. The molecule has 7 heteroatoms. The second-order valence-corrected chi connectivity index (χ2v) is 7.08. The summed E-state index contributed by atoms with van der Waals surface area (Å²) in [6, 6.07) is 4.21. The lowest BCUT2D eigenvalue weighted by atomic mass is 9.96. The number of fused-ring (bicyclic) bond motifs is 1. The number of hydrogen-bond donors (Lipinski definition) is 1. The van der Waals surface area contributed by atoms with E-state index in [-0.39, 0.29) is 5.91 Å². The van der Waals surface area contributed by atoms with E-state index < -0.39 is 0 Å². The lowest BCUT2D eigenvalue weighted by Crippen LogP contribution is -2.38. The van der Waals surface area contributed by atoms with E-state index in [0.29, 0.717) is 18.8 Å². The van der Waals surface area contributed by atoms with Gasteiger partial charge in [-0.05, 0) is 49.9 Å². The molecule has 1 fully saturated rings. The molecule has 3 heterocycles. The quantitative estimate of drug-likeness (QED) is 0.779. The van der Waals surface area contributed by atoms with Crippen LogP contribution in [0.1, 0.15) is 48.0 Å². The molecule has 0 spiro atoms. The summed E-state index contributed by atoms with van der Waals surface area (Å²) in [5, 5.41) is 3.92. The second kappa shape index (κ2) is 6.90. The van der Waals surface area contributed by atoms with Gasteiger partial charge >= 0.3 is 0 Å². The van der Waals surface area contributed by atoms with E-state index in [1.807, 2.05) is 4.90 Å². The largest absolute Gasteiger partial charge is 0.343 e. The van der Waals surface area contributed by atoms with Crippen LogP contribution in [0, 0.1) is 13.8 Å². The molecule has 4 rings (SSSR count). The highest BCUT2D eigenvalue weighted by molar-refractivity contribution is 5.78. The topological polar surface area (TPSA) is 87.9 Å². The van der Waals surface area contributed by atoms with E-state index in [9.17, 15) is 4.79 Å². The molecule has 1 amide bonds. The first kappa shape index (κ1) is 16.8. The number of amides is 1. The summed E-state index contributed by atoms with van der Waals surface area (Å²) in [4.78, 5) is 26.5. The molecular weight excluding hydrogens is 330 g/mol. The fraction of sp³-hybridized carbons (Fsp3) is 0.474. The van der Waals surface area contributed by atoms with Crippen LogP contribution >= 0.6 is 0 Å². The zero-order valence-electron chi connectivity index (χ0n) is 15.2. The highest BCUT2D eigenvalue weighted by atomic mass is 16.5. The van der Waals surface area contributed by atoms with E-state index in [2.05, 4.69) is 46.1 Å². The van der Waals surface area contributed by atoms with Gasteiger partial charge in [-0.25, -0.2) is 4.98 Å². The molecule has 136 valence electrons. The Morgan fingerprint density at radius 3 is 2.77 bits per heavy atom. The first-order valence-corrected chi connectivity index (χ1v) is 9.10. The summed E-state index contributed by atoms with van der Waals surface area (Å²) in [5.74, 6) is 2.11. The molecule has 1 aliphatic heterocycles. The van der Waals surface area contributed by atoms with Gasteiger partial charge in [0.1, 0.15) is 5.82 Å².